The molecule has 1 N–H and O–H groups in total. The number of carboxylic acid groups (broad SMARTS) is 1. The molecular formula is C15H14N2O4. The van der Waals surface area contributed by atoms with Crippen LogP contribution >= 0.6 is 0 Å². The molecule has 1 aromatic heterocycles. The molecule has 0 atom stereocenters. The van der Waals surface area contributed by atoms with Crippen LogP contribution in [0.5, 0.6) is 0 Å². The monoisotopic (exact) mass is 286 g/mol. The third-order valence-corrected chi connectivity index (χ3v) is 3.71. The van der Waals surface area contributed by atoms with Gasteiger partial charge in [-0.05, 0) is 44.0 Å². The number of aryl methyl sites for hydroxylation is 2. The van der Waals surface area contributed by atoms with Crippen LogP contribution in [0.4, 0.5) is 5.69 Å². The van der Waals surface area contributed by atoms with Gasteiger partial charge in [-0.25, -0.2) is 4.79 Å². The van der Waals surface area contributed by atoms with Crippen molar-refractivity contribution < 1.29 is 19.2 Å². The Labute approximate surface area is 121 Å². The van der Waals surface area contributed by atoms with Crippen molar-refractivity contribution in [3.63, 3.8) is 0 Å². The van der Waals surface area contributed by atoms with Crippen LogP contribution in [0.25, 0.3) is 0 Å². The molecule has 21 heavy (non-hydrogen) atoms. The van der Waals surface area contributed by atoms with Gasteiger partial charge >= 0.3 is 5.97 Å². The number of fused-ring (bicyclic) bond motifs is 1. The van der Waals surface area contributed by atoms with Gasteiger partial charge in [-0.1, -0.05) is 5.16 Å². The van der Waals surface area contributed by atoms with Crippen molar-refractivity contribution in [2.45, 2.75) is 20.3 Å². The maximum Gasteiger partial charge on any atom is 0.335 e. The highest BCUT2D eigenvalue weighted by Crippen LogP contribution is 2.31. The number of hydrogen-bond acceptors (Lipinski definition) is 4. The molecule has 0 radical (unpaired) electrons. The van der Waals surface area contributed by atoms with E-state index in [4.69, 9.17) is 9.63 Å². The van der Waals surface area contributed by atoms with Gasteiger partial charge in [-0.3, -0.25) is 4.79 Å². The smallest absolute Gasteiger partial charge is 0.335 e. The second-order valence-electron chi connectivity index (χ2n) is 5.05. The molecule has 1 aliphatic heterocycles. The minimum Gasteiger partial charge on any atom is -0.478 e. The van der Waals surface area contributed by atoms with Crippen LogP contribution in [0.2, 0.25) is 0 Å². The minimum absolute atomic E-state index is 0.159. The van der Waals surface area contributed by atoms with E-state index in [9.17, 15) is 9.59 Å². The van der Waals surface area contributed by atoms with Crippen LogP contribution < -0.4 is 4.90 Å². The van der Waals surface area contributed by atoms with Gasteiger partial charge in [0.25, 0.3) is 5.91 Å². The molecule has 6 heteroatoms. The maximum atomic E-state index is 12.6. The zero-order valence-electron chi connectivity index (χ0n) is 11.7. The Morgan fingerprint density at radius 3 is 2.71 bits per heavy atom. The Balaban J connectivity index is 1.98. The largest absolute Gasteiger partial charge is 0.478 e. The average molecular weight is 286 g/mol. The number of carbonyl (C=O) groups is 2. The van der Waals surface area contributed by atoms with Gasteiger partial charge in [0.15, 0.2) is 0 Å². The Kier molecular flexibility index (Phi) is 3.01. The standard InChI is InChI=1S/C15H14N2O4/c1-8-13(9(2)21-16-8)14(18)17-6-5-10-7-11(15(19)20)3-4-12(10)17/h3-4,7H,5-6H2,1-2H3,(H,19,20). The van der Waals surface area contributed by atoms with E-state index in [-0.39, 0.29) is 11.5 Å². The first-order chi connectivity index (χ1) is 9.99. The maximum absolute atomic E-state index is 12.6. The molecule has 0 saturated heterocycles. The number of aromatic carboxylic acids is 1. The number of nitrogens with zero attached hydrogens (tertiary/aromatic N) is 2. The highest BCUT2D eigenvalue weighted by atomic mass is 16.5. The molecule has 0 aliphatic carbocycles. The second kappa shape index (κ2) is 4.73. The van der Waals surface area contributed by atoms with Crippen LogP contribution in [0.3, 0.4) is 0 Å². The van der Waals surface area contributed by atoms with Crippen LogP contribution in [0.1, 0.15) is 37.7 Å². The summed E-state index contributed by atoms with van der Waals surface area (Å²) in [6.45, 7) is 3.97. The molecule has 0 saturated carbocycles. The van der Waals surface area contributed by atoms with Crippen molar-refractivity contribution in [3.8, 4) is 0 Å². The van der Waals surface area contributed by atoms with Crippen molar-refractivity contribution in [2.24, 2.45) is 0 Å². The molecule has 3 rings (SSSR count). The summed E-state index contributed by atoms with van der Waals surface area (Å²) in [4.78, 5) is 25.3. The first kappa shape index (κ1) is 13.4. The molecule has 0 unspecified atom stereocenters. The van der Waals surface area contributed by atoms with E-state index in [0.717, 1.165) is 11.3 Å². The SMILES string of the molecule is Cc1noc(C)c1C(=O)N1CCc2cc(C(=O)O)ccc21. The Hall–Kier alpha value is -2.63. The normalized spacial score (nSPS) is 13.3. The minimum atomic E-state index is -0.965. The van der Waals surface area contributed by atoms with Gasteiger partial charge in [-0.2, -0.15) is 0 Å². The molecular weight excluding hydrogens is 272 g/mol. The van der Waals surface area contributed by atoms with Crippen molar-refractivity contribution >= 4 is 17.6 Å². The summed E-state index contributed by atoms with van der Waals surface area (Å²) >= 11 is 0. The first-order valence-corrected chi connectivity index (χ1v) is 6.60. The molecule has 1 aliphatic rings. The topological polar surface area (TPSA) is 83.6 Å². The van der Waals surface area contributed by atoms with Gasteiger partial charge in [0, 0.05) is 12.2 Å². The van der Waals surface area contributed by atoms with Crippen molar-refractivity contribution in [1.82, 2.24) is 5.16 Å². The molecule has 0 fully saturated rings. The molecule has 6 nitrogen and oxygen atoms in total. The summed E-state index contributed by atoms with van der Waals surface area (Å²) in [5, 5.41) is 12.8. The second-order valence-corrected chi connectivity index (χ2v) is 5.05. The van der Waals surface area contributed by atoms with Crippen LogP contribution in [-0.2, 0) is 6.42 Å². The van der Waals surface area contributed by atoms with Gasteiger partial charge in [0.05, 0.1) is 11.3 Å². The summed E-state index contributed by atoms with van der Waals surface area (Å²) in [6.07, 6.45) is 0.644. The fourth-order valence-corrected chi connectivity index (χ4v) is 2.67. The van der Waals surface area contributed by atoms with Gasteiger partial charge < -0.3 is 14.5 Å². The zero-order chi connectivity index (χ0) is 15.1. The highest BCUT2D eigenvalue weighted by Gasteiger charge is 2.29. The van der Waals surface area contributed by atoms with E-state index < -0.39 is 5.97 Å². The first-order valence-electron chi connectivity index (χ1n) is 6.60. The average Bonchev–Trinajstić information content (AvgIpc) is 3.01. The molecule has 0 spiro atoms. The highest BCUT2D eigenvalue weighted by molar-refractivity contribution is 6.08. The van der Waals surface area contributed by atoms with Gasteiger partial charge in [-0.15, -0.1) is 0 Å². The third-order valence-electron chi connectivity index (χ3n) is 3.71. The number of rotatable bonds is 2. The lowest BCUT2D eigenvalue weighted by molar-refractivity contribution is 0.0696. The predicted molar refractivity (Wildman–Crippen MR) is 74.8 cm³/mol. The summed E-state index contributed by atoms with van der Waals surface area (Å²) in [5.74, 6) is -0.630. The number of aromatic nitrogens is 1. The lowest BCUT2D eigenvalue weighted by Gasteiger charge is -2.17. The molecule has 108 valence electrons. The van der Waals surface area contributed by atoms with Crippen LogP contribution in [0, 0.1) is 13.8 Å². The summed E-state index contributed by atoms with van der Waals surface area (Å²) in [7, 11) is 0. The molecule has 2 heterocycles. The van der Waals surface area contributed by atoms with Crippen molar-refractivity contribution in [3.05, 3.63) is 46.3 Å². The Morgan fingerprint density at radius 1 is 1.33 bits per heavy atom. The number of hydrogen-bond donors (Lipinski definition) is 1. The van der Waals surface area contributed by atoms with E-state index in [2.05, 4.69) is 5.16 Å². The number of anilines is 1. The summed E-state index contributed by atoms with van der Waals surface area (Å²) in [5.41, 5.74) is 2.90. The molecule has 1 amide bonds. The summed E-state index contributed by atoms with van der Waals surface area (Å²) < 4.78 is 5.04. The lowest BCUT2D eigenvalue weighted by atomic mass is 10.1. The molecule has 2 aromatic rings. The van der Waals surface area contributed by atoms with E-state index in [1.807, 2.05) is 0 Å². The van der Waals surface area contributed by atoms with Crippen LogP contribution in [0.15, 0.2) is 22.7 Å². The number of benzene rings is 1. The Morgan fingerprint density at radius 2 is 2.10 bits per heavy atom. The van der Waals surface area contributed by atoms with E-state index in [1.54, 1.807) is 30.9 Å². The predicted octanol–water partition coefficient (Wildman–Crippen LogP) is 2.19. The quantitative estimate of drug-likeness (QED) is 0.914. The van der Waals surface area contributed by atoms with E-state index in [1.165, 1.54) is 6.07 Å². The number of carbonyl (C=O) groups excluding carboxylic acids is 1. The fraction of sp³-hybridized carbons (Fsp3) is 0.267. The van der Waals surface area contributed by atoms with Crippen LogP contribution in [-0.4, -0.2) is 28.7 Å². The molecule has 0 bridgehead atoms. The van der Waals surface area contributed by atoms with E-state index in [0.29, 0.717) is 30.0 Å². The number of amides is 1. The molecule has 1 aromatic carbocycles. The van der Waals surface area contributed by atoms with Gasteiger partial charge in [0.1, 0.15) is 11.3 Å². The zero-order valence-corrected chi connectivity index (χ0v) is 11.7. The lowest BCUT2D eigenvalue weighted by Crippen LogP contribution is -2.29. The Bertz CT molecular complexity index is 729. The van der Waals surface area contributed by atoms with Crippen molar-refractivity contribution in [2.75, 3.05) is 11.4 Å². The third kappa shape index (κ3) is 2.08. The van der Waals surface area contributed by atoms with E-state index >= 15 is 0 Å². The van der Waals surface area contributed by atoms with Gasteiger partial charge in [0.2, 0.25) is 0 Å². The fourth-order valence-electron chi connectivity index (χ4n) is 2.67. The summed E-state index contributed by atoms with van der Waals surface area (Å²) in [6, 6.07) is 4.82. The van der Waals surface area contributed by atoms with Crippen molar-refractivity contribution in [1.29, 1.82) is 0 Å². The number of carboxylic acids is 1.